The molecule has 2 aliphatic rings. The van der Waals surface area contributed by atoms with Crippen molar-refractivity contribution in [2.45, 2.75) is 37.9 Å². The van der Waals surface area contributed by atoms with Gasteiger partial charge in [-0.2, -0.15) is 23.5 Å². The SMILES string of the molecule is CC1(C(=O)N2CC(CC#N)(N/C=C(\C=N)c3cnn4c(-c5cccc(NC(=O)NCC(F)(F)F)c5)cnc4c3)C2)CC1. The number of likely N-dealkylation sites (tertiary alicyclic amines) is 1. The molecule has 2 fully saturated rings. The zero-order valence-electron chi connectivity index (χ0n) is 22.6. The van der Waals surface area contributed by atoms with Crippen molar-refractivity contribution in [3.05, 3.63) is 54.5 Å². The van der Waals surface area contributed by atoms with Crippen molar-refractivity contribution < 1.29 is 22.8 Å². The maximum Gasteiger partial charge on any atom is 0.405 e. The van der Waals surface area contributed by atoms with Gasteiger partial charge in [-0.1, -0.05) is 19.1 Å². The highest BCUT2D eigenvalue weighted by Crippen LogP contribution is 2.48. The first-order valence-corrected chi connectivity index (χ1v) is 13.2. The second-order valence-electron chi connectivity index (χ2n) is 10.9. The summed E-state index contributed by atoms with van der Waals surface area (Å²) in [6.45, 7) is 1.33. The number of hydrogen-bond donors (Lipinski definition) is 4. The number of halogens is 3. The van der Waals surface area contributed by atoms with Crippen LogP contribution in [-0.4, -0.2) is 69.0 Å². The number of alkyl halides is 3. The van der Waals surface area contributed by atoms with Crippen LogP contribution in [0.1, 0.15) is 31.7 Å². The van der Waals surface area contributed by atoms with Crippen LogP contribution in [0.4, 0.5) is 23.7 Å². The van der Waals surface area contributed by atoms with Crippen LogP contribution in [0.25, 0.3) is 22.5 Å². The molecule has 1 aromatic carbocycles. The van der Waals surface area contributed by atoms with Gasteiger partial charge in [0.15, 0.2) is 5.65 Å². The Hall–Kier alpha value is -4.93. The lowest BCUT2D eigenvalue weighted by atomic mass is 9.85. The number of amides is 3. The molecule has 3 aromatic rings. The van der Waals surface area contributed by atoms with E-state index < -0.39 is 24.3 Å². The highest BCUT2D eigenvalue weighted by atomic mass is 19.4. The first-order chi connectivity index (χ1) is 19.9. The minimum atomic E-state index is -4.52. The normalized spacial score (nSPS) is 17.1. The van der Waals surface area contributed by atoms with Crippen LogP contribution in [-0.2, 0) is 4.79 Å². The van der Waals surface area contributed by atoms with Gasteiger partial charge in [0.2, 0.25) is 5.91 Å². The number of imidazole rings is 1. The van der Waals surface area contributed by atoms with Crippen molar-refractivity contribution in [1.29, 1.82) is 10.7 Å². The number of nitrogens with zero attached hydrogens (tertiary/aromatic N) is 5. The fraction of sp³-hybridized carbons (Fsp3) is 0.357. The van der Waals surface area contributed by atoms with Gasteiger partial charge in [-0.25, -0.2) is 14.3 Å². The summed E-state index contributed by atoms with van der Waals surface area (Å²) in [7, 11) is 0. The van der Waals surface area contributed by atoms with E-state index in [1.807, 2.05) is 6.92 Å². The summed E-state index contributed by atoms with van der Waals surface area (Å²) in [6.07, 6.45) is 3.40. The molecule has 0 atom stereocenters. The van der Waals surface area contributed by atoms with Gasteiger partial charge in [0.1, 0.15) is 6.54 Å². The molecule has 0 spiro atoms. The van der Waals surface area contributed by atoms with E-state index in [0.717, 1.165) is 19.1 Å². The maximum absolute atomic E-state index is 12.7. The Morgan fingerprint density at radius 2 is 1.98 bits per heavy atom. The summed E-state index contributed by atoms with van der Waals surface area (Å²) < 4.78 is 38.7. The van der Waals surface area contributed by atoms with Crippen LogP contribution in [0, 0.1) is 22.2 Å². The molecular weight excluding hydrogens is 551 g/mol. The van der Waals surface area contributed by atoms with Crippen LogP contribution in [0.3, 0.4) is 0 Å². The summed E-state index contributed by atoms with van der Waals surface area (Å²) in [5.74, 6) is 0.116. The summed E-state index contributed by atoms with van der Waals surface area (Å²) in [5.41, 5.74) is 2.18. The Labute approximate surface area is 238 Å². The predicted molar refractivity (Wildman–Crippen MR) is 148 cm³/mol. The Morgan fingerprint density at radius 3 is 2.64 bits per heavy atom. The van der Waals surface area contributed by atoms with Gasteiger partial charge in [0.05, 0.1) is 36.1 Å². The van der Waals surface area contributed by atoms with E-state index in [0.29, 0.717) is 41.1 Å². The number of urea groups is 1. The number of benzene rings is 1. The number of carbonyl (C=O) groups excluding carboxylic acids is 2. The van der Waals surface area contributed by atoms with Crippen molar-refractivity contribution in [3.63, 3.8) is 0 Å². The average molecular weight is 580 g/mol. The van der Waals surface area contributed by atoms with Gasteiger partial charge in [-0.05, 0) is 31.0 Å². The second kappa shape index (κ2) is 10.8. The molecule has 1 aliphatic carbocycles. The third kappa shape index (κ3) is 6.04. The molecule has 0 unspecified atom stereocenters. The van der Waals surface area contributed by atoms with E-state index in [1.54, 1.807) is 63.7 Å². The number of aromatic nitrogens is 3. The quantitative estimate of drug-likeness (QED) is 0.282. The standard InChI is InChI=1S/C28H28F3N9O2/c1-26(5-6-26)24(41)39-16-27(17-39,7-8-32)36-12-20(11-33)19-10-23-34-14-22(40(23)37-13-19)18-3-2-4-21(9-18)38-25(42)35-15-28(29,30)31/h2-4,9-14,33,36H,5-7,15-17H2,1H3,(H2,35,38,42)/b20-12+,33-11?. The minimum Gasteiger partial charge on any atom is -0.380 e. The van der Waals surface area contributed by atoms with Crippen LogP contribution < -0.4 is 16.0 Å². The lowest BCUT2D eigenvalue weighted by Gasteiger charge is -2.50. The first kappa shape index (κ1) is 28.6. The number of rotatable bonds is 9. The maximum atomic E-state index is 12.7. The second-order valence-corrected chi connectivity index (χ2v) is 10.9. The van der Waals surface area contributed by atoms with E-state index in [1.165, 1.54) is 0 Å². The van der Waals surface area contributed by atoms with Gasteiger partial charge in [-0.3, -0.25) is 4.79 Å². The monoisotopic (exact) mass is 579 g/mol. The van der Waals surface area contributed by atoms with Crippen molar-refractivity contribution in [3.8, 4) is 17.3 Å². The van der Waals surface area contributed by atoms with Crippen molar-refractivity contribution in [1.82, 2.24) is 30.1 Å². The number of carbonyl (C=O) groups is 2. The number of anilines is 1. The Kier molecular flexibility index (Phi) is 7.36. The van der Waals surface area contributed by atoms with Crippen molar-refractivity contribution in [2.75, 3.05) is 25.0 Å². The summed E-state index contributed by atoms with van der Waals surface area (Å²) >= 11 is 0. The van der Waals surface area contributed by atoms with Crippen molar-refractivity contribution in [2.24, 2.45) is 5.41 Å². The number of fused-ring (bicyclic) bond motifs is 1. The third-order valence-corrected chi connectivity index (χ3v) is 7.46. The highest BCUT2D eigenvalue weighted by Gasteiger charge is 2.53. The highest BCUT2D eigenvalue weighted by molar-refractivity contribution is 6.08. The largest absolute Gasteiger partial charge is 0.405 e. The Balaban J connectivity index is 1.30. The van der Waals surface area contributed by atoms with Gasteiger partial charge in [0.25, 0.3) is 0 Å². The number of nitriles is 1. The molecule has 14 heteroatoms. The lowest BCUT2D eigenvalue weighted by Crippen LogP contribution is -2.69. The molecule has 4 N–H and O–H groups in total. The predicted octanol–water partition coefficient (Wildman–Crippen LogP) is 3.95. The molecule has 218 valence electrons. The lowest BCUT2D eigenvalue weighted by molar-refractivity contribution is -0.144. The fourth-order valence-electron chi connectivity index (χ4n) is 4.80. The van der Waals surface area contributed by atoms with E-state index in [2.05, 4.69) is 26.8 Å². The Morgan fingerprint density at radius 1 is 1.21 bits per heavy atom. The molecule has 0 radical (unpaired) electrons. The smallest absolute Gasteiger partial charge is 0.380 e. The molecule has 1 saturated carbocycles. The molecule has 42 heavy (non-hydrogen) atoms. The Bertz CT molecular complexity index is 1610. The van der Waals surface area contributed by atoms with Crippen LogP contribution in [0.5, 0.6) is 0 Å². The van der Waals surface area contributed by atoms with Crippen LogP contribution >= 0.6 is 0 Å². The zero-order chi connectivity index (χ0) is 30.1. The zero-order valence-corrected chi connectivity index (χ0v) is 22.6. The molecule has 11 nitrogen and oxygen atoms in total. The van der Waals surface area contributed by atoms with Crippen molar-refractivity contribution >= 4 is 35.1 Å². The van der Waals surface area contributed by atoms with Crippen LogP contribution in [0.2, 0.25) is 0 Å². The molecule has 3 heterocycles. The topological polar surface area (TPSA) is 151 Å². The minimum absolute atomic E-state index is 0.116. The van der Waals surface area contributed by atoms with E-state index in [4.69, 9.17) is 5.41 Å². The number of nitrogens with one attached hydrogen (secondary N) is 4. The summed E-state index contributed by atoms with van der Waals surface area (Å²) in [4.78, 5) is 30.7. The molecule has 1 aliphatic heterocycles. The molecule has 3 amide bonds. The molecular formula is C28H28F3N9O2. The van der Waals surface area contributed by atoms with Crippen LogP contribution in [0.15, 0.2) is 48.9 Å². The fourth-order valence-corrected chi connectivity index (χ4v) is 4.80. The van der Waals surface area contributed by atoms with E-state index in [-0.39, 0.29) is 23.4 Å². The third-order valence-electron chi connectivity index (χ3n) is 7.46. The summed E-state index contributed by atoms with van der Waals surface area (Å²) in [5, 5.41) is 29.2. The number of allylic oxidation sites excluding steroid dienone is 1. The van der Waals surface area contributed by atoms with Gasteiger partial charge < -0.3 is 26.3 Å². The van der Waals surface area contributed by atoms with E-state index in [9.17, 15) is 28.0 Å². The van der Waals surface area contributed by atoms with Gasteiger partial charge in [0, 0.05) is 53.3 Å². The molecule has 0 bridgehead atoms. The molecule has 5 rings (SSSR count). The van der Waals surface area contributed by atoms with E-state index >= 15 is 0 Å². The molecule has 1 saturated heterocycles. The number of hydrogen-bond acceptors (Lipinski definition) is 7. The summed E-state index contributed by atoms with van der Waals surface area (Å²) in [6, 6.07) is 9.46. The average Bonchev–Trinajstić information content (AvgIpc) is 3.54. The van der Waals surface area contributed by atoms with Gasteiger partial charge in [-0.15, -0.1) is 0 Å². The van der Waals surface area contributed by atoms with Gasteiger partial charge >= 0.3 is 12.2 Å². The first-order valence-electron chi connectivity index (χ1n) is 13.2. The molecule has 2 aromatic heterocycles.